The zero-order valence-electron chi connectivity index (χ0n) is 11.4. The number of amides is 1. The molecule has 0 bridgehead atoms. The van der Waals surface area contributed by atoms with Crippen molar-refractivity contribution in [3.8, 4) is 0 Å². The van der Waals surface area contributed by atoms with Crippen LogP contribution in [0.3, 0.4) is 0 Å². The summed E-state index contributed by atoms with van der Waals surface area (Å²) in [6.07, 6.45) is -0.738. The van der Waals surface area contributed by atoms with E-state index in [0.29, 0.717) is 25.4 Å². The second-order valence-electron chi connectivity index (χ2n) is 5.31. The Morgan fingerprint density at radius 1 is 1.32 bits per heavy atom. The summed E-state index contributed by atoms with van der Waals surface area (Å²) in [5, 5.41) is 6.05. The first-order valence-corrected chi connectivity index (χ1v) is 6.96. The average Bonchev–Trinajstić information content (AvgIpc) is 3.06. The van der Waals surface area contributed by atoms with Crippen molar-refractivity contribution in [1.82, 2.24) is 10.6 Å². The van der Waals surface area contributed by atoms with Crippen molar-refractivity contribution in [3.63, 3.8) is 0 Å². The largest absolute Gasteiger partial charge is 0.389 e. The van der Waals surface area contributed by atoms with Crippen LogP contribution in [0.2, 0.25) is 0 Å². The lowest BCUT2D eigenvalue weighted by molar-refractivity contribution is -0.135. The first kappa shape index (κ1) is 16.3. The van der Waals surface area contributed by atoms with Gasteiger partial charge in [0.1, 0.15) is 0 Å². The van der Waals surface area contributed by atoms with Crippen LogP contribution in [0.1, 0.15) is 51.9 Å². The number of halogens is 3. The van der Waals surface area contributed by atoms with Gasteiger partial charge in [-0.2, -0.15) is 13.2 Å². The van der Waals surface area contributed by atoms with Crippen molar-refractivity contribution in [2.45, 2.75) is 70.1 Å². The van der Waals surface area contributed by atoms with Crippen molar-refractivity contribution in [2.75, 3.05) is 6.54 Å². The van der Waals surface area contributed by atoms with E-state index in [1.807, 2.05) is 6.92 Å². The summed E-state index contributed by atoms with van der Waals surface area (Å²) < 4.78 is 35.8. The van der Waals surface area contributed by atoms with Crippen LogP contribution in [0.25, 0.3) is 0 Å². The molecule has 6 heteroatoms. The summed E-state index contributed by atoms with van der Waals surface area (Å²) in [5.41, 5.74) is 0. The molecule has 19 heavy (non-hydrogen) atoms. The van der Waals surface area contributed by atoms with Crippen molar-refractivity contribution in [3.05, 3.63) is 0 Å². The molecule has 0 aromatic rings. The van der Waals surface area contributed by atoms with Gasteiger partial charge in [-0.3, -0.25) is 4.79 Å². The third kappa shape index (κ3) is 9.76. The first-order valence-electron chi connectivity index (χ1n) is 6.96. The van der Waals surface area contributed by atoms with Crippen molar-refractivity contribution in [2.24, 2.45) is 0 Å². The van der Waals surface area contributed by atoms with Gasteiger partial charge < -0.3 is 10.6 Å². The van der Waals surface area contributed by atoms with Gasteiger partial charge in [0.25, 0.3) is 0 Å². The predicted octanol–water partition coefficient (Wildman–Crippen LogP) is 2.76. The zero-order chi connectivity index (χ0) is 14.3. The van der Waals surface area contributed by atoms with E-state index in [1.165, 1.54) is 0 Å². The van der Waals surface area contributed by atoms with Gasteiger partial charge in [-0.25, -0.2) is 0 Å². The molecule has 1 rings (SSSR count). The summed E-state index contributed by atoms with van der Waals surface area (Å²) in [6.45, 7) is 2.55. The van der Waals surface area contributed by atoms with E-state index >= 15 is 0 Å². The van der Waals surface area contributed by atoms with Gasteiger partial charge in [-0.1, -0.05) is 0 Å². The molecule has 0 aromatic heterocycles. The van der Waals surface area contributed by atoms with Gasteiger partial charge in [0.05, 0.1) is 0 Å². The van der Waals surface area contributed by atoms with Crippen LogP contribution in [0.5, 0.6) is 0 Å². The van der Waals surface area contributed by atoms with Gasteiger partial charge in [0, 0.05) is 24.9 Å². The van der Waals surface area contributed by atoms with Gasteiger partial charge in [0.2, 0.25) is 5.91 Å². The summed E-state index contributed by atoms with van der Waals surface area (Å²) >= 11 is 0. The fraction of sp³-hybridized carbons (Fsp3) is 0.923. The fourth-order valence-corrected chi connectivity index (χ4v) is 1.84. The maximum absolute atomic E-state index is 11.9. The summed E-state index contributed by atoms with van der Waals surface area (Å²) in [7, 11) is 0. The molecule has 2 N–H and O–H groups in total. The van der Waals surface area contributed by atoms with Gasteiger partial charge in [-0.05, 0) is 45.6 Å². The van der Waals surface area contributed by atoms with E-state index in [9.17, 15) is 18.0 Å². The normalized spacial score (nSPS) is 17.3. The Kier molecular flexibility index (Phi) is 6.62. The Labute approximate surface area is 112 Å². The number of rotatable bonds is 9. The second-order valence-corrected chi connectivity index (χ2v) is 5.31. The number of hydrogen-bond donors (Lipinski definition) is 2. The van der Waals surface area contributed by atoms with Gasteiger partial charge in [0.15, 0.2) is 0 Å². The fourth-order valence-electron chi connectivity index (χ4n) is 1.84. The highest BCUT2D eigenvalue weighted by Gasteiger charge is 2.26. The second kappa shape index (κ2) is 7.72. The lowest BCUT2D eigenvalue weighted by Gasteiger charge is -2.14. The maximum Gasteiger partial charge on any atom is 0.389 e. The number of hydrogen-bond acceptors (Lipinski definition) is 2. The molecule has 0 spiro atoms. The standard InChI is InChI=1S/C13H23F3N2O/c1-10(4-2-8-13(14,15)16)17-9-3-5-12(19)18-11-6-7-11/h10-11,17H,2-9H2,1H3,(H,18,19). The molecule has 1 aliphatic carbocycles. The molecule has 3 nitrogen and oxygen atoms in total. The van der Waals surface area contributed by atoms with Crippen LogP contribution >= 0.6 is 0 Å². The molecule has 1 aliphatic rings. The quantitative estimate of drug-likeness (QED) is 0.638. The Morgan fingerprint density at radius 3 is 2.58 bits per heavy atom. The molecule has 1 amide bonds. The van der Waals surface area contributed by atoms with E-state index in [-0.39, 0.29) is 18.4 Å². The molecule has 0 saturated heterocycles. The average molecular weight is 280 g/mol. The van der Waals surface area contributed by atoms with Gasteiger partial charge >= 0.3 is 6.18 Å². The molecule has 0 heterocycles. The van der Waals surface area contributed by atoms with Crippen LogP contribution in [0, 0.1) is 0 Å². The van der Waals surface area contributed by atoms with Crippen LogP contribution in [-0.4, -0.2) is 30.7 Å². The molecule has 0 aliphatic heterocycles. The molecular weight excluding hydrogens is 257 g/mol. The highest BCUT2D eigenvalue weighted by Crippen LogP contribution is 2.22. The Morgan fingerprint density at radius 2 is 2.00 bits per heavy atom. The van der Waals surface area contributed by atoms with Gasteiger partial charge in [-0.15, -0.1) is 0 Å². The van der Waals surface area contributed by atoms with Crippen molar-refractivity contribution >= 4 is 5.91 Å². The lowest BCUT2D eigenvalue weighted by atomic mass is 10.1. The number of carbonyl (C=O) groups excluding carboxylic acids is 1. The molecule has 1 unspecified atom stereocenters. The molecule has 1 saturated carbocycles. The third-order valence-corrected chi connectivity index (χ3v) is 3.11. The molecule has 112 valence electrons. The third-order valence-electron chi connectivity index (χ3n) is 3.11. The van der Waals surface area contributed by atoms with Crippen molar-refractivity contribution < 1.29 is 18.0 Å². The Bertz CT molecular complexity index is 278. The van der Waals surface area contributed by atoms with Crippen LogP contribution in [0.15, 0.2) is 0 Å². The first-order chi connectivity index (χ1) is 8.87. The summed E-state index contributed by atoms with van der Waals surface area (Å²) in [4.78, 5) is 11.4. The lowest BCUT2D eigenvalue weighted by Crippen LogP contribution is -2.29. The van der Waals surface area contributed by atoms with Crippen LogP contribution < -0.4 is 10.6 Å². The minimum Gasteiger partial charge on any atom is -0.353 e. The van der Waals surface area contributed by atoms with Crippen molar-refractivity contribution in [1.29, 1.82) is 0 Å². The Hall–Kier alpha value is -0.780. The van der Waals surface area contributed by atoms with E-state index in [4.69, 9.17) is 0 Å². The smallest absolute Gasteiger partial charge is 0.353 e. The Balaban J connectivity index is 1.91. The van der Waals surface area contributed by atoms with Crippen LogP contribution in [-0.2, 0) is 4.79 Å². The molecule has 0 radical (unpaired) electrons. The number of nitrogens with one attached hydrogen (secondary N) is 2. The van der Waals surface area contributed by atoms with E-state index < -0.39 is 12.6 Å². The number of carbonyl (C=O) groups is 1. The molecule has 1 fully saturated rings. The monoisotopic (exact) mass is 280 g/mol. The van der Waals surface area contributed by atoms with E-state index in [1.54, 1.807) is 0 Å². The molecule has 1 atom stereocenters. The highest BCUT2D eigenvalue weighted by atomic mass is 19.4. The SMILES string of the molecule is CC(CCCC(F)(F)F)NCCCC(=O)NC1CC1. The number of alkyl halides is 3. The summed E-state index contributed by atoms with van der Waals surface area (Å²) in [5.74, 6) is 0.0778. The molecular formula is C13H23F3N2O. The maximum atomic E-state index is 11.9. The van der Waals surface area contributed by atoms with Crippen LogP contribution in [0.4, 0.5) is 13.2 Å². The predicted molar refractivity (Wildman–Crippen MR) is 67.8 cm³/mol. The zero-order valence-corrected chi connectivity index (χ0v) is 11.4. The highest BCUT2D eigenvalue weighted by molar-refractivity contribution is 5.76. The topological polar surface area (TPSA) is 41.1 Å². The minimum absolute atomic E-state index is 0.0637. The summed E-state index contributed by atoms with van der Waals surface area (Å²) in [6, 6.07) is 0.454. The molecule has 0 aromatic carbocycles. The van der Waals surface area contributed by atoms with E-state index in [2.05, 4.69) is 10.6 Å². The van der Waals surface area contributed by atoms with E-state index in [0.717, 1.165) is 19.3 Å². The minimum atomic E-state index is -4.05.